The predicted molar refractivity (Wildman–Crippen MR) is 153 cm³/mol. The SMILES string of the molecule is CCOc1ccccc1N(CCCC(=O)N(Cc1ccc(C)cc1)[C@@H](CC)C(=O)NCC(C)C)S(C)(=O)=O. The first-order valence-electron chi connectivity index (χ1n) is 13.3. The molecule has 0 saturated carbocycles. The third kappa shape index (κ3) is 9.35. The van der Waals surface area contributed by atoms with Gasteiger partial charge in [0, 0.05) is 26.1 Å². The first-order valence-corrected chi connectivity index (χ1v) is 15.1. The molecule has 2 amide bonds. The topological polar surface area (TPSA) is 96.0 Å². The summed E-state index contributed by atoms with van der Waals surface area (Å²) in [4.78, 5) is 28.2. The van der Waals surface area contributed by atoms with Gasteiger partial charge in [-0.3, -0.25) is 13.9 Å². The Kier molecular flexibility index (Phi) is 12.1. The van der Waals surface area contributed by atoms with Crippen molar-refractivity contribution in [2.75, 3.05) is 30.3 Å². The van der Waals surface area contributed by atoms with E-state index < -0.39 is 16.1 Å². The van der Waals surface area contributed by atoms with Crippen LogP contribution in [0.2, 0.25) is 0 Å². The number of anilines is 1. The van der Waals surface area contributed by atoms with E-state index in [1.165, 1.54) is 4.31 Å². The van der Waals surface area contributed by atoms with Gasteiger partial charge in [0.25, 0.3) is 0 Å². The molecule has 0 heterocycles. The van der Waals surface area contributed by atoms with Crippen LogP contribution in [0.15, 0.2) is 48.5 Å². The van der Waals surface area contributed by atoms with Crippen molar-refractivity contribution in [1.29, 1.82) is 0 Å². The number of sulfonamides is 1. The zero-order chi connectivity index (χ0) is 28.3. The van der Waals surface area contributed by atoms with Gasteiger partial charge in [-0.2, -0.15) is 0 Å². The standard InChI is InChI=1S/C29H43N3O5S/c1-7-25(29(34)30-20-22(3)4)31(21-24-17-15-23(5)16-18-24)28(33)14-11-19-32(38(6,35)36)26-12-9-10-13-27(26)37-8-2/h9-10,12-13,15-18,22,25H,7-8,11,14,19-21H2,1-6H3,(H,30,34)/t25-/m0/s1. The molecule has 2 aromatic rings. The number of carbonyl (C=O) groups excluding carboxylic acids is 2. The molecular formula is C29H43N3O5S. The maximum atomic E-state index is 13.5. The fourth-order valence-corrected chi connectivity index (χ4v) is 5.12. The molecule has 0 saturated heterocycles. The van der Waals surface area contributed by atoms with Gasteiger partial charge < -0.3 is 15.0 Å². The summed E-state index contributed by atoms with van der Waals surface area (Å²) in [7, 11) is -3.62. The van der Waals surface area contributed by atoms with Crippen molar-refractivity contribution < 1.29 is 22.7 Å². The van der Waals surface area contributed by atoms with Gasteiger partial charge in [-0.1, -0.05) is 62.7 Å². The number of carbonyl (C=O) groups is 2. The fourth-order valence-electron chi connectivity index (χ4n) is 4.16. The summed E-state index contributed by atoms with van der Waals surface area (Å²) in [6, 6.07) is 14.2. The summed E-state index contributed by atoms with van der Waals surface area (Å²) >= 11 is 0. The van der Waals surface area contributed by atoms with Crippen LogP contribution in [0.1, 0.15) is 58.1 Å². The van der Waals surface area contributed by atoms with E-state index in [0.29, 0.717) is 49.9 Å². The van der Waals surface area contributed by atoms with Crippen molar-refractivity contribution in [1.82, 2.24) is 10.2 Å². The first-order chi connectivity index (χ1) is 18.0. The Labute approximate surface area is 228 Å². The molecule has 0 spiro atoms. The molecule has 1 N–H and O–H groups in total. The maximum absolute atomic E-state index is 13.5. The second-order valence-corrected chi connectivity index (χ2v) is 11.8. The Morgan fingerprint density at radius 1 is 1.03 bits per heavy atom. The summed E-state index contributed by atoms with van der Waals surface area (Å²) in [5.41, 5.74) is 2.49. The molecule has 8 nitrogen and oxygen atoms in total. The van der Waals surface area contributed by atoms with Crippen molar-refractivity contribution in [3.05, 3.63) is 59.7 Å². The van der Waals surface area contributed by atoms with Gasteiger partial charge in [0.05, 0.1) is 18.6 Å². The summed E-state index contributed by atoms with van der Waals surface area (Å²) in [5.74, 6) is 0.397. The molecule has 0 fully saturated rings. The average Bonchev–Trinajstić information content (AvgIpc) is 2.86. The normalized spacial score (nSPS) is 12.2. The molecule has 9 heteroatoms. The molecule has 2 rings (SSSR count). The van der Waals surface area contributed by atoms with Crippen LogP contribution in [0.25, 0.3) is 0 Å². The van der Waals surface area contributed by atoms with Gasteiger partial charge in [0.15, 0.2) is 0 Å². The lowest BCUT2D eigenvalue weighted by atomic mass is 10.1. The number of aryl methyl sites for hydroxylation is 1. The van der Waals surface area contributed by atoms with E-state index >= 15 is 0 Å². The Morgan fingerprint density at radius 3 is 2.26 bits per heavy atom. The molecule has 0 aliphatic carbocycles. The molecule has 0 aliphatic rings. The number of para-hydroxylation sites is 2. The molecule has 0 bridgehead atoms. The Bertz CT molecular complexity index is 1150. The van der Waals surface area contributed by atoms with E-state index in [0.717, 1.165) is 17.4 Å². The Balaban J connectivity index is 2.24. The molecule has 38 heavy (non-hydrogen) atoms. The number of hydrogen-bond donors (Lipinski definition) is 1. The molecule has 2 aromatic carbocycles. The van der Waals surface area contributed by atoms with Gasteiger partial charge >= 0.3 is 0 Å². The van der Waals surface area contributed by atoms with E-state index in [2.05, 4.69) is 5.32 Å². The molecule has 0 aromatic heterocycles. The van der Waals surface area contributed by atoms with Gasteiger partial charge in [-0.05, 0) is 50.3 Å². The molecule has 0 aliphatic heterocycles. The van der Waals surface area contributed by atoms with E-state index in [-0.39, 0.29) is 24.8 Å². The van der Waals surface area contributed by atoms with Crippen molar-refractivity contribution in [3.63, 3.8) is 0 Å². The average molecular weight is 546 g/mol. The third-order valence-electron chi connectivity index (χ3n) is 6.13. The lowest BCUT2D eigenvalue weighted by Gasteiger charge is -2.31. The second-order valence-electron chi connectivity index (χ2n) is 9.91. The monoisotopic (exact) mass is 545 g/mol. The summed E-state index contributed by atoms with van der Waals surface area (Å²) < 4.78 is 32.2. The number of nitrogens with one attached hydrogen (secondary N) is 1. The van der Waals surface area contributed by atoms with Crippen LogP contribution < -0.4 is 14.4 Å². The number of benzene rings is 2. The molecule has 0 radical (unpaired) electrons. The van der Waals surface area contributed by atoms with Crippen LogP contribution in [0.5, 0.6) is 5.75 Å². The van der Waals surface area contributed by atoms with E-state index in [1.807, 2.05) is 58.9 Å². The summed E-state index contributed by atoms with van der Waals surface area (Å²) in [6.07, 6.45) is 2.01. The number of rotatable bonds is 15. The quantitative estimate of drug-likeness (QED) is 0.355. The number of ether oxygens (including phenoxy) is 1. The van der Waals surface area contributed by atoms with Crippen LogP contribution in [-0.2, 0) is 26.2 Å². The van der Waals surface area contributed by atoms with Gasteiger partial charge in [-0.15, -0.1) is 0 Å². The van der Waals surface area contributed by atoms with Crippen LogP contribution in [0.4, 0.5) is 5.69 Å². The van der Waals surface area contributed by atoms with E-state index in [1.54, 1.807) is 29.2 Å². The van der Waals surface area contributed by atoms with E-state index in [9.17, 15) is 18.0 Å². The largest absolute Gasteiger partial charge is 0.492 e. The molecule has 1 atom stereocenters. The van der Waals surface area contributed by atoms with Crippen molar-refractivity contribution in [3.8, 4) is 5.75 Å². The van der Waals surface area contributed by atoms with Crippen molar-refractivity contribution >= 4 is 27.5 Å². The van der Waals surface area contributed by atoms with Gasteiger partial charge in [0.2, 0.25) is 21.8 Å². The maximum Gasteiger partial charge on any atom is 0.242 e. The highest BCUT2D eigenvalue weighted by Crippen LogP contribution is 2.30. The smallest absolute Gasteiger partial charge is 0.242 e. The van der Waals surface area contributed by atoms with Crippen molar-refractivity contribution in [2.45, 2.75) is 66.5 Å². The minimum atomic E-state index is -3.62. The van der Waals surface area contributed by atoms with Crippen LogP contribution in [-0.4, -0.2) is 57.1 Å². The number of nitrogens with zero attached hydrogens (tertiary/aromatic N) is 2. The Morgan fingerprint density at radius 2 is 1.68 bits per heavy atom. The number of hydrogen-bond acceptors (Lipinski definition) is 5. The van der Waals surface area contributed by atoms with Gasteiger partial charge in [-0.25, -0.2) is 8.42 Å². The third-order valence-corrected chi connectivity index (χ3v) is 7.31. The molecule has 210 valence electrons. The summed E-state index contributed by atoms with van der Waals surface area (Å²) in [5, 5.41) is 2.96. The minimum Gasteiger partial charge on any atom is -0.492 e. The highest BCUT2D eigenvalue weighted by atomic mass is 32.2. The molecule has 0 unspecified atom stereocenters. The molecular weight excluding hydrogens is 502 g/mol. The van der Waals surface area contributed by atoms with Crippen LogP contribution >= 0.6 is 0 Å². The summed E-state index contributed by atoms with van der Waals surface area (Å²) in [6.45, 7) is 11.1. The lowest BCUT2D eigenvalue weighted by Crippen LogP contribution is -2.49. The van der Waals surface area contributed by atoms with Crippen LogP contribution in [0, 0.1) is 12.8 Å². The highest BCUT2D eigenvalue weighted by molar-refractivity contribution is 7.92. The Hall–Kier alpha value is -3.07. The zero-order valence-corrected chi connectivity index (χ0v) is 24.4. The van der Waals surface area contributed by atoms with E-state index in [4.69, 9.17) is 4.74 Å². The first kappa shape index (κ1) is 31.1. The highest BCUT2D eigenvalue weighted by Gasteiger charge is 2.29. The predicted octanol–water partition coefficient (Wildman–Crippen LogP) is 4.52. The van der Waals surface area contributed by atoms with Crippen LogP contribution in [0.3, 0.4) is 0 Å². The zero-order valence-electron chi connectivity index (χ0n) is 23.6. The fraction of sp³-hybridized carbons (Fsp3) is 0.517. The second kappa shape index (κ2) is 14.8. The lowest BCUT2D eigenvalue weighted by molar-refractivity contribution is -0.141. The number of amides is 2. The van der Waals surface area contributed by atoms with Gasteiger partial charge in [0.1, 0.15) is 11.8 Å². The minimum absolute atomic E-state index is 0.0998. The van der Waals surface area contributed by atoms with Crippen molar-refractivity contribution in [2.24, 2.45) is 5.92 Å².